The van der Waals surface area contributed by atoms with E-state index in [0.29, 0.717) is 19.0 Å². The van der Waals surface area contributed by atoms with Crippen LogP contribution in [-0.4, -0.2) is 75.1 Å². The van der Waals surface area contributed by atoms with Crippen LogP contribution < -0.4 is 16.0 Å². The van der Waals surface area contributed by atoms with E-state index in [1.165, 1.54) is 20.2 Å². The Hall–Kier alpha value is -4.71. The summed E-state index contributed by atoms with van der Waals surface area (Å²) >= 11 is 0. The molecule has 12 nitrogen and oxygen atoms in total. The summed E-state index contributed by atoms with van der Waals surface area (Å²) < 4.78 is 12.9. The normalized spacial score (nSPS) is 15.9. The lowest BCUT2D eigenvalue weighted by atomic mass is 9.88. The monoisotopic (exact) mass is 674 g/mol. The SMILES string of the molecule is CC1CCN(C(=O)C(C)(c2ccccc2)n2cnc(NC(=O)[C@H](COCc3ccccc3)NC(=O)C(C)(C)NC(=O)OC(C)(C)C)c2)CC1. The molecule has 0 bridgehead atoms. The van der Waals surface area contributed by atoms with E-state index in [9.17, 15) is 19.2 Å². The zero-order chi connectivity index (χ0) is 35.8. The van der Waals surface area contributed by atoms with Gasteiger partial charge in [0.25, 0.3) is 11.8 Å². The van der Waals surface area contributed by atoms with Crippen molar-refractivity contribution in [2.24, 2.45) is 5.92 Å². The molecular formula is C37H50N6O6. The van der Waals surface area contributed by atoms with Gasteiger partial charge in [0.05, 0.1) is 19.5 Å². The van der Waals surface area contributed by atoms with Crippen LogP contribution >= 0.6 is 0 Å². The number of carbonyl (C=O) groups is 4. The quantitative estimate of drug-likeness (QED) is 0.249. The Bertz CT molecular complexity index is 1580. The number of imidazole rings is 1. The molecule has 0 radical (unpaired) electrons. The summed E-state index contributed by atoms with van der Waals surface area (Å²) in [6, 6.07) is 17.8. The molecule has 49 heavy (non-hydrogen) atoms. The van der Waals surface area contributed by atoms with Crippen molar-refractivity contribution in [3.63, 3.8) is 0 Å². The average Bonchev–Trinajstić information content (AvgIpc) is 3.52. The highest BCUT2D eigenvalue weighted by Gasteiger charge is 2.41. The molecule has 3 aromatic rings. The van der Waals surface area contributed by atoms with Crippen molar-refractivity contribution in [1.29, 1.82) is 0 Å². The second kappa shape index (κ2) is 15.7. The van der Waals surface area contributed by atoms with Crippen LogP contribution in [0.3, 0.4) is 0 Å². The third-order valence-corrected chi connectivity index (χ3v) is 8.57. The number of carbonyl (C=O) groups excluding carboxylic acids is 4. The minimum absolute atomic E-state index is 0.0555. The van der Waals surface area contributed by atoms with Gasteiger partial charge in [0.2, 0.25) is 5.91 Å². The lowest BCUT2D eigenvalue weighted by molar-refractivity contribution is -0.139. The molecule has 1 fully saturated rings. The maximum absolute atomic E-state index is 14.2. The third-order valence-electron chi connectivity index (χ3n) is 8.57. The molecule has 0 saturated carbocycles. The van der Waals surface area contributed by atoms with Gasteiger partial charge in [-0.15, -0.1) is 0 Å². The zero-order valence-electron chi connectivity index (χ0n) is 29.6. The fourth-order valence-electron chi connectivity index (χ4n) is 5.52. The second-order valence-corrected chi connectivity index (χ2v) is 14.3. The number of rotatable bonds is 12. The van der Waals surface area contributed by atoms with Gasteiger partial charge in [0.1, 0.15) is 22.7 Å². The van der Waals surface area contributed by atoms with E-state index in [1.54, 1.807) is 31.5 Å². The molecule has 3 N–H and O–H groups in total. The lowest BCUT2D eigenvalue weighted by Crippen LogP contribution is -2.59. The van der Waals surface area contributed by atoms with E-state index in [2.05, 4.69) is 27.9 Å². The fourth-order valence-corrected chi connectivity index (χ4v) is 5.52. The molecule has 0 aliphatic carbocycles. The molecule has 264 valence electrons. The number of likely N-dealkylation sites (tertiary alicyclic amines) is 1. The Morgan fingerprint density at radius 2 is 1.53 bits per heavy atom. The number of alkyl carbamates (subject to hydrolysis) is 1. The van der Waals surface area contributed by atoms with Gasteiger partial charge in [0, 0.05) is 19.3 Å². The number of hydrogen-bond acceptors (Lipinski definition) is 7. The number of nitrogens with zero attached hydrogens (tertiary/aromatic N) is 3. The van der Waals surface area contributed by atoms with Crippen LogP contribution in [0.4, 0.5) is 10.6 Å². The van der Waals surface area contributed by atoms with Gasteiger partial charge in [-0.05, 0) is 71.4 Å². The van der Waals surface area contributed by atoms with Crippen LogP contribution in [0.1, 0.15) is 72.4 Å². The smallest absolute Gasteiger partial charge is 0.408 e. The number of benzene rings is 2. The van der Waals surface area contributed by atoms with Crippen LogP contribution in [0, 0.1) is 5.92 Å². The van der Waals surface area contributed by atoms with Gasteiger partial charge in [-0.3, -0.25) is 14.4 Å². The van der Waals surface area contributed by atoms with E-state index >= 15 is 0 Å². The number of hydrogen-bond donors (Lipinski definition) is 3. The summed E-state index contributed by atoms with van der Waals surface area (Å²) in [6.45, 7) is 13.6. The van der Waals surface area contributed by atoms with E-state index in [-0.39, 0.29) is 24.9 Å². The summed E-state index contributed by atoms with van der Waals surface area (Å²) in [5.41, 5.74) is -1.63. The standard InChI is InChI=1S/C37H50N6O6/c1-26-18-20-42(21-19-26)33(46)37(7,28-16-12-9-13-17-28)43-22-30(38-25-43)40-31(44)29(24-48-23-27-14-10-8-11-15-27)39-32(45)36(5,6)41-34(47)49-35(2,3)4/h8-17,22,25-26,29H,18-21,23-24H2,1-7H3,(H,39,45)(H,40,44)(H,41,47)/t29-,37?/m0/s1. The second-order valence-electron chi connectivity index (χ2n) is 14.3. The van der Waals surface area contributed by atoms with Gasteiger partial charge in [-0.25, -0.2) is 9.78 Å². The molecule has 2 aromatic carbocycles. The summed E-state index contributed by atoms with van der Waals surface area (Å²) in [7, 11) is 0. The topological polar surface area (TPSA) is 144 Å². The highest BCUT2D eigenvalue weighted by molar-refractivity contribution is 5.98. The van der Waals surface area contributed by atoms with Crippen LogP contribution in [0.5, 0.6) is 0 Å². The van der Waals surface area contributed by atoms with Crippen molar-refractivity contribution in [2.45, 2.75) is 90.6 Å². The lowest BCUT2D eigenvalue weighted by Gasteiger charge is -2.38. The summed E-state index contributed by atoms with van der Waals surface area (Å²) in [5, 5.41) is 8.07. The Balaban J connectivity index is 1.54. The zero-order valence-corrected chi connectivity index (χ0v) is 29.6. The van der Waals surface area contributed by atoms with E-state index < -0.39 is 40.6 Å². The molecule has 1 aliphatic rings. The van der Waals surface area contributed by atoms with Crippen molar-refractivity contribution in [2.75, 3.05) is 25.0 Å². The first-order valence-electron chi connectivity index (χ1n) is 16.7. The summed E-state index contributed by atoms with van der Waals surface area (Å²) in [5.74, 6) is -0.505. The predicted molar refractivity (Wildman–Crippen MR) is 187 cm³/mol. The molecule has 4 rings (SSSR count). The van der Waals surface area contributed by atoms with Gasteiger partial charge < -0.3 is 34.9 Å². The number of aromatic nitrogens is 2. The van der Waals surface area contributed by atoms with Crippen molar-refractivity contribution >= 4 is 29.6 Å². The van der Waals surface area contributed by atoms with Gasteiger partial charge >= 0.3 is 6.09 Å². The van der Waals surface area contributed by atoms with Crippen molar-refractivity contribution in [3.8, 4) is 0 Å². The minimum atomic E-state index is -1.42. The maximum atomic E-state index is 14.2. The molecule has 12 heteroatoms. The number of ether oxygens (including phenoxy) is 2. The first-order valence-corrected chi connectivity index (χ1v) is 16.7. The highest BCUT2D eigenvalue weighted by Crippen LogP contribution is 2.31. The largest absolute Gasteiger partial charge is 0.444 e. The van der Waals surface area contributed by atoms with E-state index in [4.69, 9.17) is 9.47 Å². The molecule has 0 spiro atoms. The van der Waals surface area contributed by atoms with Gasteiger partial charge in [-0.2, -0.15) is 0 Å². The van der Waals surface area contributed by atoms with E-state index in [0.717, 1.165) is 24.0 Å². The predicted octanol–water partition coefficient (Wildman–Crippen LogP) is 4.85. The third kappa shape index (κ3) is 9.91. The molecule has 2 heterocycles. The molecule has 1 unspecified atom stereocenters. The van der Waals surface area contributed by atoms with Crippen molar-refractivity contribution < 1.29 is 28.7 Å². The summed E-state index contributed by atoms with van der Waals surface area (Å²) in [6.07, 6.45) is 4.25. The molecular weight excluding hydrogens is 624 g/mol. The first kappa shape index (κ1) is 37.1. The van der Waals surface area contributed by atoms with Crippen LogP contribution in [-0.2, 0) is 36.0 Å². The molecule has 1 aliphatic heterocycles. The van der Waals surface area contributed by atoms with Gasteiger partial charge in [-0.1, -0.05) is 67.6 Å². The van der Waals surface area contributed by atoms with E-state index in [1.807, 2.05) is 72.5 Å². The Kier molecular flexibility index (Phi) is 11.9. The summed E-state index contributed by atoms with van der Waals surface area (Å²) in [4.78, 5) is 60.1. The van der Waals surface area contributed by atoms with Gasteiger partial charge in [0.15, 0.2) is 5.82 Å². The van der Waals surface area contributed by atoms with Crippen molar-refractivity contribution in [1.82, 2.24) is 25.1 Å². The minimum Gasteiger partial charge on any atom is -0.444 e. The van der Waals surface area contributed by atoms with Crippen LogP contribution in [0.2, 0.25) is 0 Å². The van der Waals surface area contributed by atoms with Crippen LogP contribution in [0.25, 0.3) is 0 Å². The number of piperidine rings is 1. The maximum Gasteiger partial charge on any atom is 0.408 e. The highest BCUT2D eigenvalue weighted by atomic mass is 16.6. The Labute approximate surface area is 288 Å². The molecule has 2 atom stereocenters. The molecule has 1 saturated heterocycles. The average molecular weight is 675 g/mol. The fraction of sp³-hybridized carbons (Fsp3) is 0.486. The number of anilines is 1. The molecule has 1 aromatic heterocycles. The molecule has 4 amide bonds. The Morgan fingerprint density at radius 3 is 2.14 bits per heavy atom. The van der Waals surface area contributed by atoms with Crippen molar-refractivity contribution in [3.05, 3.63) is 84.3 Å². The number of nitrogens with one attached hydrogen (secondary N) is 3. The Morgan fingerprint density at radius 1 is 0.918 bits per heavy atom. The first-order chi connectivity index (χ1) is 23.1. The van der Waals surface area contributed by atoms with Crippen LogP contribution in [0.15, 0.2) is 73.2 Å². The number of amides is 4.